The lowest BCUT2D eigenvalue weighted by Gasteiger charge is -1.69. The van der Waals surface area contributed by atoms with Crippen LogP contribution in [0.4, 0.5) is 0 Å². The number of nitrogens with zero attached hydrogens (tertiary/aromatic N) is 2. The predicted octanol–water partition coefficient (Wildman–Crippen LogP) is 1.33. The number of nitrogens with one attached hydrogen (secondary N) is 1. The highest BCUT2D eigenvalue weighted by Crippen LogP contribution is 2.16. The molecule has 0 aliphatic rings. The Kier molecular flexibility index (Phi) is 0.843. The minimum atomic E-state index is 0.970. The smallest absolute Gasteiger partial charge is 0.138 e. The van der Waals surface area contributed by atoms with Gasteiger partial charge in [0.15, 0.2) is 0 Å². The molecule has 0 atom stereocenters. The standard InChI is InChI=1S/C5H5N3S/c1-3-7-4-2-6-8-5(4)9-3/h2H,1H3,(H,6,8). The summed E-state index contributed by atoms with van der Waals surface area (Å²) < 4.78 is 0. The van der Waals surface area contributed by atoms with Crippen LogP contribution in [0.2, 0.25) is 0 Å². The number of hydrogen-bond donors (Lipinski definition) is 1. The van der Waals surface area contributed by atoms with E-state index in [9.17, 15) is 0 Å². The molecule has 0 saturated heterocycles. The first-order chi connectivity index (χ1) is 4.36. The van der Waals surface area contributed by atoms with Crippen molar-refractivity contribution in [1.82, 2.24) is 15.2 Å². The predicted molar refractivity (Wildman–Crippen MR) is 36.5 cm³/mol. The summed E-state index contributed by atoms with van der Waals surface area (Å²) in [6.45, 7) is 1.98. The first kappa shape index (κ1) is 4.93. The summed E-state index contributed by atoms with van der Waals surface area (Å²) in [4.78, 5) is 5.26. The molecule has 2 rings (SSSR count). The molecular weight excluding hydrogens is 134 g/mol. The zero-order chi connectivity index (χ0) is 6.27. The number of hydrogen-bond acceptors (Lipinski definition) is 3. The monoisotopic (exact) mass is 139 g/mol. The third-order valence-electron chi connectivity index (χ3n) is 1.11. The Morgan fingerprint density at radius 3 is 3.33 bits per heavy atom. The van der Waals surface area contributed by atoms with Crippen molar-refractivity contribution in [2.45, 2.75) is 6.92 Å². The van der Waals surface area contributed by atoms with Gasteiger partial charge < -0.3 is 0 Å². The highest BCUT2D eigenvalue weighted by Gasteiger charge is 1.98. The van der Waals surface area contributed by atoms with Gasteiger partial charge in [-0.25, -0.2) is 4.98 Å². The van der Waals surface area contributed by atoms with E-state index in [-0.39, 0.29) is 0 Å². The van der Waals surface area contributed by atoms with E-state index >= 15 is 0 Å². The molecule has 0 spiro atoms. The van der Waals surface area contributed by atoms with Crippen LogP contribution in [0.5, 0.6) is 0 Å². The topological polar surface area (TPSA) is 41.6 Å². The molecule has 9 heavy (non-hydrogen) atoms. The van der Waals surface area contributed by atoms with Crippen molar-refractivity contribution in [1.29, 1.82) is 0 Å². The van der Waals surface area contributed by atoms with E-state index in [1.54, 1.807) is 17.5 Å². The molecule has 0 unspecified atom stereocenters. The zero-order valence-electron chi connectivity index (χ0n) is 4.88. The van der Waals surface area contributed by atoms with E-state index in [4.69, 9.17) is 0 Å². The van der Waals surface area contributed by atoms with Crippen molar-refractivity contribution in [3.8, 4) is 0 Å². The van der Waals surface area contributed by atoms with Crippen molar-refractivity contribution in [3.05, 3.63) is 11.2 Å². The van der Waals surface area contributed by atoms with Gasteiger partial charge in [0.05, 0.1) is 11.2 Å². The minimum Gasteiger partial charge on any atom is -0.266 e. The third kappa shape index (κ3) is 0.632. The van der Waals surface area contributed by atoms with Gasteiger partial charge in [-0.1, -0.05) is 11.3 Å². The van der Waals surface area contributed by atoms with Crippen LogP contribution in [-0.4, -0.2) is 15.2 Å². The lowest BCUT2D eigenvalue weighted by atomic mass is 10.6. The molecule has 0 amide bonds. The Morgan fingerprint density at radius 2 is 2.56 bits per heavy atom. The van der Waals surface area contributed by atoms with Crippen molar-refractivity contribution in [2.24, 2.45) is 0 Å². The summed E-state index contributed by atoms with van der Waals surface area (Å²) in [5.74, 6) is 0. The summed E-state index contributed by atoms with van der Waals surface area (Å²) in [6, 6.07) is 0. The van der Waals surface area contributed by atoms with Crippen LogP contribution in [0.1, 0.15) is 5.01 Å². The molecule has 2 heterocycles. The second-order valence-corrected chi connectivity index (χ2v) is 3.02. The summed E-state index contributed by atoms with van der Waals surface area (Å²) in [5, 5.41) is 7.75. The van der Waals surface area contributed by atoms with Crippen LogP contribution in [0.3, 0.4) is 0 Å². The van der Waals surface area contributed by atoms with E-state index in [2.05, 4.69) is 15.2 Å². The fourth-order valence-electron chi connectivity index (χ4n) is 0.763. The molecule has 0 aliphatic carbocycles. The van der Waals surface area contributed by atoms with Gasteiger partial charge in [-0.2, -0.15) is 5.10 Å². The summed E-state index contributed by atoms with van der Waals surface area (Å²) in [7, 11) is 0. The van der Waals surface area contributed by atoms with Gasteiger partial charge in [0.1, 0.15) is 10.3 Å². The SMILES string of the molecule is Cc1nc2cn[nH]c2s1. The van der Waals surface area contributed by atoms with Crippen molar-refractivity contribution in [2.75, 3.05) is 0 Å². The number of H-pyrrole nitrogens is 1. The second kappa shape index (κ2) is 1.54. The maximum atomic E-state index is 4.20. The van der Waals surface area contributed by atoms with Gasteiger partial charge in [0, 0.05) is 0 Å². The number of aryl methyl sites for hydroxylation is 1. The average Bonchev–Trinajstić information content (AvgIpc) is 2.22. The Labute approximate surface area is 55.7 Å². The van der Waals surface area contributed by atoms with Crippen LogP contribution in [0, 0.1) is 6.92 Å². The first-order valence-corrected chi connectivity index (χ1v) is 3.44. The van der Waals surface area contributed by atoms with Gasteiger partial charge in [0.2, 0.25) is 0 Å². The van der Waals surface area contributed by atoms with Crippen LogP contribution in [0.15, 0.2) is 6.20 Å². The fourth-order valence-corrected chi connectivity index (χ4v) is 1.50. The number of thiazole rings is 1. The van der Waals surface area contributed by atoms with E-state index in [0.717, 1.165) is 15.4 Å². The van der Waals surface area contributed by atoms with E-state index < -0.39 is 0 Å². The van der Waals surface area contributed by atoms with Crippen LogP contribution >= 0.6 is 11.3 Å². The quantitative estimate of drug-likeness (QED) is 0.598. The normalized spacial score (nSPS) is 10.8. The van der Waals surface area contributed by atoms with Crippen molar-refractivity contribution < 1.29 is 0 Å². The maximum absolute atomic E-state index is 4.20. The molecule has 0 radical (unpaired) electrons. The van der Waals surface area contributed by atoms with Gasteiger partial charge in [-0.3, -0.25) is 5.10 Å². The first-order valence-electron chi connectivity index (χ1n) is 2.63. The Bertz CT molecular complexity index is 293. The summed E-state index contributed by atoms with van der Waals surface area (Å²) in [5.41, 5.74) is 0.970. The van der Waals surface area contributed by atoms with Gasteiger partial charge in [-0.15, -0.1) is 0 Å². The summed E-state index contributed by atoms with van der Waals surface area (Å²) >= 11 is 1.63. The van der Waals surface area contributed by atoms with E-state index in [0.29, 0.717) is 0 Å². The van der Waals surface area contributed by atoms with Gasteiger partial charge >= 0.3 is 0 Å². The molecule has 3 nitrogen and oxygen atoms in total. The van der Waals surface area contributed by atoms with Crippen molar-refractivity contribution >= 4 is 21.7 Å². The average molecular weight is 139 g/mol. The molecule has 2 aromatic heterocycles. The molecule has 0 aromatic carbocycles. The molecule has 0 fully saturated rings. The Morgan fingerprint density at radius 1 is 1.67 bits per heavy atom. The number of fused-ring (bicyclic) bond motifs is 1. The highest BCUT2D eigenvalue weighted by molar-refractivity contribution is 7.18. The number of rotatable bonds is 0. The van der Waals surface area contributed by atoms with E-state index in [1.807, 2.05) is 6.92 Å². The van der Waals surface area contributed by atoms with Crippen LogP contribution in [-0.2, 0) is 0 Å². The second-order valence-electron chi connectivity index (χ2n) is 1.82. The molecule has 46 valence electrons. The minimum absolute atomic E-state index is 0.970. The molecule has 4 heteroatoms. The van der Waals surface area contributed by atoms with E-state index in [1.165, 1.54) is 0 Å². The highest BCUT2D eigenvalue weighted by atomic mass is 32.1. The molecule has 0 bridgehead atoms. The van der Waals surface area contributed by atoms with Gasteiger partial charge in [0.25, 0.3) is 0 Å². The van der Waals surface area contributed by atoms with Crippen LogP contribution in [0.25, 0.3) is 10.3 Å². The molecular formula is C5H5N3S. The summed E-state index contributed by atoms with van der Waals surface area (Å²) in [6.07, 6.45) is 1.73. The number of aromatic nitrogens is 3. The Hall–Kier alpha value is -0.900. The maximum Gasteiger partial charge on any atom is 0.138 e. The molecule has 1 N–H and O–H groups in total. The lowest BCUT2D eigenvalue weighted by Crippen LogP contribution is -1.63. The largest absolute Gasteiger partial charge is 0.266 e. The fraction of sp³-hybridized carbons (Fsp3) is 0.200. The molecule has 0 saturated carbocycles. The number of aromatic amines is 1. The lowest BCUT2D eigenvalue weighted by molar-refractivity contribution is 1.12. The van der Waals surface area contributed by atoms with Gasteiger partial charge in [-0.05, 0) is 6.92 Å². The molecule has 2 aromatic rings. The Balaban J connectivity index is 2.92. The zero-order valence-corrected chi connectivity index (χ0v) is 5.70. The third-order valence-corrected chi connectivity index (χ3v) is 2.00. The molecule has 0 aliphatic heterocycles. The van der Waals surface area contributed by atoms with Crippen LogP contribution < -0.4 is 0 Å². The van der Waals surface area contributed by atoms with Crippen molar-refractivity contribution in [3.63, 3.8) is 0 Å².